The summed E-state index contributed by atoms with van der Waals surface area (Å²) in [7, 11) is 0. The largest absolute Gasteiger partial charge is 0.372 e. The van der Waals surface area contributed by atoms with Crippen molar-refractivity contribution in [1.29, 1.82) is 5.26 Å². The summed E-state index contributed by atoms with van der Waals surface area (Å²) in [6.07, 6.45) is -1.02. The van der Waals surface area contributed by atoms with Crippen molar-refractivity contribution in [2.24, 2.45) is 0 Å². The second-order valence-corrected chi connectivity index (χ2v) is 6.58. The first-order valence-electron chi connectivity index (χ1n) is 8.73. The van der Waals surface area contributed by atoms with Crippen molar-refractivity contribution >= 4 is 22.4 Å². The smallest absolute Gasteiger partial charge is 0.257 e. The summed E-state index contributed by atoms with van der Waals surface area (Å²) in [6.45, 7) is 1.81. The summed E-state index contributed by atoms with van der Waals surface area (Å²) in [5.74, 6) is -0.365. The van der Waals surface area contributed by atoms with E-state index in [0.29, 0.717) is 28.0 Å². The lowest BCUT2D eigenvalue weighted by atomic mass is 10.1. The summed E-state index contributed by atoms with van der Waals surface area (Å²) in [4.78, 5) is 12.6. The Morgan fingerprint density at radius 3 is 2.54 bits per heavy atom. The quantitative estimate of drug-likeness (QED) is 0.537. The van der Waals surface area contributed by atoms with Crippen LogP contribution in [0.5, 0.6) is 0 Å². The molecule has 7 heteroatoms. The van der Waals surface area contributed by atoms with Gasteiger partial charge in [0.1, 0.15) is 23.8 Å². The fraction of sp³-hybridized carbons (Fsp3) is 0.143. The number of aliphatic hydroxyl groups excluding tert-OH is 1. The Labute approximate surface area is 159 Å². The lowest BCUT2D eigenvalue weighted by Crippen LogP contribution is -2.25. The number of rotatable bonds is 4. The van der Waals surface area contributed by atoms with Gasteiger partial charge < -0.3 is 15.0 Å². The third-order valence-electron chi connectivity index (χ3n) is 4.70. The van der Waals surface area contributed by atoms with Crippen LogP contribution in [0.3, 0.4) is 0 Å². The van der Waals surface area contributed by atoms with Gasteiger partial charge in [-0.05, 0) is 48.9 Å². The number of hydrogen-bond acceptors (Lipinski definition) is 4. The van der Waals surface area contributed by atoms with Crippen LogP contribution in [0, 0.1) is 24.1 Å². The second kappa shape index (κ2) is 6.83. The molecule has 0 saturated carbocycles. The highest BCUT2D eigenvalue weighted by Crippen LogP contribution is 2.24. The summed E-state index contributed by atoms with van der Waals surface area (Å²) >= 11 is 0. The molecule has 0 amide bonds. The van der Waals surface area contributed by atoms with E-state index < -0.39 is 6.23 Å². The van der Waals surface area contributed by atoms with Crippen molar-refractivity contribution < 1.29 is 9.50 Å². The molecule has 2 N–H and O–H groups in total. The first kappa shape index (κ1) is 17.8. The molecule has 2 aromatic heterocycles. The van der Waals surface area contributed by atoms with E-state index in [4.69, 9.17) is 0 Å². The number of anilines is 1. The van der Waals surface area contributed by atoms with Crippen LogP contribution < -0.4 is 10.9 Å². The molecule has 4 aromatic rings. The number of aromatic nitrogens is 2. The highest BCUT2D eigenvalue weighted by molar-refractivity contribution is 5.84. The average molecular weight is 376 g/mol. The molecule has 0 saturated heterocycles. The summed E-state index contributed by atoms with van der Waals surface area (Å²) in [5.41, 5.74) is 3.11. The van der Waals surface area contributed by atoms with Crippen LogP contribution in [0.4, 0.5) is 10.1 Å². The molecule has 28 heavy (non-hydrogen) atoms. The van der Waals surface area contributed by atoms with Gasteiger partial charge in [-0.15, -0.1) is 0 Å². The zero-order valence-corrected chi connectivity index (χ0v) is 15.1. The van der Waals surface area contributed by atoms with Gasteiger partial charge in [-0.2, -0.15) is 5.26 Å². The number of nitrogens with zero attached hydrogens (tertiary/aromatic N) is 3. The summed E-state index contributed by atoms with van der Waals surface area (Å²) in [5, 5.41) is 23.1. The van der Waals surface area contributed by atoms with Crippen LogP contribution in [0.15, 0.2) is 59.4 Å². The van der Waals surface area contributed by atoms with Crippen LogP contribution in [0.1, 0.15) is 11.1 Å². The summed E-state index contributed by atoms with van der Waals surface area (Å²) < 4.78 is 16.3. The number of para-hydroxylation sites is 2. The van der Waals surface area contributed by atoms with E-state index in [-0.39, 0.29) is 17.9 Å². The van der Waals surface area contributed by atoms with Crippen LogP contribution >= 0.6 is 0 Å². The minimum absolute atomic E-state index is 0.0892. The molecule has 4 rings (SSSR count). The minimum Gasteiger partial charge on any atom is -0.372 e. The highest BCUT2D eigenvalue weighted by Gasteiger charge is 2.19. The van der Waals surface area contributed by atoms with Crippen LogP contribution in [0.2, 0.25) is 0 Å². The third kappa shape index (κ3) is 2.90. The number of hydrogen-bond donors (Lipinski definition) is 2. The van der Waals surface area contributed by atoms with Gasteiger partial charge in [0.25, 0.3) is 5.56 Å². The van der Waals surface area contributed by atoms with E-state index in [1.165, 1.54) is 34.7 Å². The zero-order valence-electron chi connectivity index (χ0n) is 15.1. The molecule has 0 aliphatic carbocycles. The van der Waals surface area contributed by atoms with Gasteiger partial charge in [0.05, 0.1) is 23.1 Å². The molecule has 0 aliphatic heterocycles. The SMILES string of the molecule is Cc1cc(=O)n2c3ccccc3n(C[C@@H](O)Nc3ccc(F)cc3)c2c1C#N. The number of fused-ring (bicyclic) bond motifs is 3. The molecule has 0 bridgehead atoms. The van der Waals surface area contributed by atoms with Gasteiger partial charge in [-0.1, -0.05) is 12.1 Å². The van der Waals surface area contributed by atoms with E-state index in [1.807, 2.05) is 18.2 Å². The Morgan fingerprint density at radius 1 is 1.18 bits per heavy atom. The number of nitrogens with one attached hydrogen (secondary N) is 1. The van der Waals surface area contributed by atoms with E-state index in [0.717, 1.165) is 5.52 Å². The predicted molar refractivity (Wildman–Crippen MR) is 105 cm³/mol. The lowest BCUT2D eigenvalue weighted by molar-refractivity contribution is 0.185. The fourth-order valence-electron chi connectivity index (χ4n) is 3.48. The highest BCUT2D eigenvalue weighted by atomic mass is 19.1. The maximum Gasteiger partial charge on any atom is 0.257 e. The molecule has 2 aromatic carbocycles. The Morgan fingerprint density at radius 2 is 1.86 bits per heavy atom. The van der Waals surface area contributed by atoms with E-state index >= 15 is 0 Å². The third-order valence-corrected chi connectivity index (χ3v) is 4.70. The van der Waals surface area contributed by atoms with E-state index in [2.05, 4.69) is 11.4 Å². The lowest BCUT2D eigenvalue weighted by Gasteiger charge is -2.17. The first-order valence-corrected chi connectivity index (χ1v) is 8.73. The molecule has 1 atom stereocenters. The normalized spacial score (nSPS) is 12.2. The Kier molecular flexibility index (Phi) is 4.34. The number of pyridine rings is 1. The molecule has 0 spiro atoms. The molecule has 2 heterocycles. The van der Waals surface area contributed by atoms with Crippen molar-refractivity contribution in [3.63, 3.8) is 0 Å². The first-order chi connectivity index (χ1) is 13.5. The van der Waals surface area contributed by atoms with Crippen molar-refractivity contribution in [2.75, 3.05) is 5.32 Å². The van der Waals surface area contributed by atoms with Gasteiger partial charge in [0.2, 0.25) is 0 Å². The van der Waals surface area contributed by atoms with Crippen LogP contribution in [-0.2, 0) is 6.54 Å². The number of aryl methyl sites for hydroxylation is 1. The molecule has 0 radical (unpaired) electrons. The van der Waals surface area contributed by atoms with Crippen molar-refractivity contribution in [2.45, 2.75) is 19.7 Å². The zero-order chi connectivity index (χ0) is 19.8. The fourth-order valence-corrected chi connectivity index (χ4v) is 3.48. The Hall–Kier alpha value is -3.63. The second-order valence-electron chi connectivity index (χ2n) is 6.58. The van der Waals surface area contributed by atoms with Gasteiger partial charge in [0.15, 0.2) is 0 Å². The molecule has 0 aliphatic rings. The number of imidazole rings is 1. The maximum absolute atomic E-state index is 13.1. The van der Waals surface area contributed by atoms with Crippen molar-refractivity contribution in [1.82, 2.24) is 8.97 Å². The molecule has 140 valence electrons. The standard InChI is InChI=1S/C21H17FN4O2/c1-13-10-20(28)26-18-5-3-2-4-17(18)25(21(26)16(13)11-23)12-19(27)24-15-8-6-14(22)7-9-15/h2-10,19,24,27H,12H2,1H3/t19-/m1/s1. The molecule has 6 nitrogen and oxygen atoms in total. The van der Waals surface area contributed by atoms with E-state index in [9.17, 15) is 19.6 Å². The molecule has 0 unspecified atom stereocenters. The van der Waals surface area contributed by atoms with Gasteiger partial charge in [-0.25, -0.2) is 4.39 Å². The Balaban J connectivity index is 1.86. The average Bonchev–Trinajstić information content (AvgIpc) is 2.99. The minimum atomic E-state index is -1.02. The summed E-state index contributed by atoms with van der Waals surface area (Å²) in [6, 6.07) is 16.6. The van der Waals surface area contributed by atoms with Crippen molar-refractivity contribution in [3.8, 4) is 6.07 Å². The van der Waals surface area contributed by atoms with Crippen molar-refractivity contribution in [3.05, 3.63) is 81.9 Å². The maximum atomic E-state index is 13.1. The topological polar surface area (TPSA) is 82.5 Å². The monoisotopic (exact) mass is 376 g/mol. The van der Waals surface area contributed by atoms with Crippen LogP contribution in [0.25, 0.3) is 16.7 Å². The van der Waals surface area contributed by atoms with Gasteiger partial charge in [0, 0.05) is 11.8 Å². The Bertz CT molecular complexity index is 1280. The van der Waals surface area contributed by atoms with Gasteiger partial charge in [-0.3, -0.25) is 9.20 Å². The number of halogens is 1. The number of aliphatic hydroxyl groups is 1. The number of benzene rings is 2. The predicted octanol–water partition coefficient (Wildman–Crippen LogP) is 3.00. The number of nitriles is 1. The van der Waals surface area contributed by atoms with Crippen LogP contribution in [-0.4, -0.2) is 20.3 Å². The molecular formula is C21H17FN4O2. The molecule has 0 fully saturated rings. The van der Waals surface area contributed by atoms with Gasteiger partial charge >= 0.3 is 0 Å². The molecular weight excluding hydrogens is 359 g/mol. The van der Waals surface area contributed by atoms with E-state index in [1.54, 1.807) is 17.6 Å².